The zero-order chi connectivity index (χ0) is 22.3. The Bertz CT molecular complexity index is 1040. The van der Waals surface area contributed by atoms with Crippen molar-refractivity contribution in [2.24, 2.45) is 5.92 Å². The number of thiophene rings is 1. The maximum Gasteiger partial charge on any atom is 0.239 e. The van der Waals surface area contributed by atoms with Gasteiger partial charge in [0.1, 0.15) is 0 Å². The first kappa shape index (κ1) is 22.5. The van der Waals surface area contributed by atoms with E-state index in [9.17, 15) is 9.59 Å². The van der Waals surface area contributed by atoms with Crippen molar-refractivity contribution in [2.45, 2.75) is 32.2 Å². The molecule has 2 N–H and O–H groups in total. The zero-order valence-electron chi connectivity index (χ0n) is 18.5. The summed E-state index contributed by atoms with van der Waals surface area (Å²) in [7, 11) is 0. The van der Waals surface area contributed by atoms with Crippen LogP contribution in [-0.4, -0.2) is 42.9 Å². The maximum absolute atomic E-state index is 12.5. The van der Waals surface area contributed by atoms with E-state index in [0.717, 1.165) is 35.3 Å². The number of carbonyl (C=O) groups excluding carboxylic acids is 2. The molecular formula is C26H31N3O2S. The lowest BCUT2D eigenvalue weighted by molar-refractivity contribution is -0.125. The average Bonchev–Trinajstić information content (AvgIpc) is 3.34. The molecule has 2 aromatic carbocycles. The van der Waals surface area contributed by atoms with Crippen molar-refractivity contribution >= 4 is 33.9 Å². The van der Waals surface area contributed by atoms with E-state index in [1.165, 1.54) is 17.7 Å². The second kappa shape index (κ2) is 10.7. The number of nitrogens with zero attached hydrogens (tertiary/aromatic N) is 1. The molecule has 1 atom stereocenters. The predicted octanol–water partition coefficient (Wildman–Crippen LogP) is 4.15. The highest BCUT2D eigenvalue weighted by atomic mass is 32.1. The Morgan fingerprint density at radius 1 is 1.00 bits per heavy atom. The van der Waals surface area contributed by atoms with E-state index < -0.39 is 0 Å². The number of likely N-dealkylation sites (tertiary alicyclic amines) is 1. The number of fused-ring (bicyclic) bond motifs is 1. The summed E-state index contributed by atoms with van der Waals surface area (Å²) >= 11 is 1.73. The molecule has 1 aromatic heterocycles. The van der Waals surface area contributed by atoms with Crippen molar-refractivity contribution in [3.8, 4) is 0 Å². The molecule has 2 amide bonds. The van der Waals surface area contributed by atoms with Gasteiger partial charge in [-0.25, -0.2) is 0 Å². The van der Waals surface area contributed by atoms with Crippen LogP contribution in [0.25, 0.3) is 10.8 Å². The van der Waals surface area contributed by atoms with Crippen molar-refractivity contribution in [3.63, 3.8) is 0 Å². The van der Waals surface area contributed by atoms with Crippen LogP contribution in [0.4, 0.5) is 0 Å². The van der Waals surface area contributed by atoms with Crippen LogP contribution >= 0.6 is 11.3 Å². The summed E-state index contributed by atoms with van der Waals surface area (Å²) in [6, 6.07) is 18.4. The molecule has 1 aliphatic heterocycles. The summed E-state index contributed by atoms with van der Waals surface area (Å²) < 4.78 is 0. The van der Waals surface area contributed by atoms with Crippen molar-refractivity contribution in [1.82, 2.24) is 15.5 Å². The van der Waals surface area contributed by atoms with Gasteiger partial charge in [-0.1, -0.05) is 55.5 Å². The molecule has 5 nitrogen and oxygen atoms in total. The van der Waals surface area contributed by atoms with Crippen LogP contribution in [0.15, 0.2) is 60.0 Å². The van der Waals surface area contributed by atoms with Gasteiger partial charge in [0.25, 0.3) is 0 Å². The van der Waals surface area contributed by atoms with Gasteiger partial charge in [-0.15, -0.1) is 11.3 Å². The van der Waals surface area contributed by atoms with E-state index in [2.05, 4.69) is 40.0 Å². The van der Waals surface area contributed by atoms with Gasteiger partial charge >= 0.3 is 0 Å². The molecule has 1 saturated heterocycles. The van der Waals surface area contributed by atoms with E-state index in [4.69, 9.17) is 0 Å². The van der Waals surface area contributed by atoms with E-state index in [1.54, 1.807) is 11.3 Å². The van der Waals surface area contributed by atoms with Gasteiger partial charge in [0.15, 0.2) is 0 Å². The number of amides is 2. The second-order valence-corrected chi connectivity index (χ2v) is 9.62. The number of hydrogen-bond acceptors (Lipinski definition) is 4. The largest absolute Gasteiger partial charge is 0.353 e. The molecule has 0 saturated carbocycles. The van der Waals surface area contributed by atoms with E-state index >= 15 is 0 Å². The molecule has 1 unspecified atom stereocenters. The fourth-order valence-electron chi connectivity index (χ4n) is 4.36. The van der Waals surface area contributed by atoms with Gasteiger partial charge in [0.05, 0.1) is 19.0 Å². The molecule has 1 aliphatic rings. The number of rotatable bonds is 8. The third-order valence-corrected chi connectivity index (χ3v) is 7.27. The van der Waals surface area contributed by atoms with Crippen LogP contribution < -0.4 is 10.6 Å². The highest BCUT2D eigenvalue weighted by Crippen LogP contribution is 2.29. The molecule has 4 rings (SSSR count). The molecule has 0 spiro atoms. The number of benzene rings is 2. The number of carbonyl (C=O) groups is 2. The Labute approximate surface area is 193 Å². The Morgan fingerprint density at radius 2 is 1.78 bits per heavy atom. The molecule has 168 valence electrons. The molecule has 1 fully saturated rings. The molecule has 0 bridgehead atoms. The predicted molar refractivity (Wildman–Crippen MR) is 131 cm³/mol. The Balaban J connectivity index is 1.28. The lowest BCUT2D eigenvalue weighted by Gasteiger charge is -2.36. The number of piperidine rings is 1. The minimum Gasteiger partial charge on any atom is -0.353 e. The summed E-state index contributed by atoms with van der Waals surface area (Å²) in [6.45, 7) is 4.98. The summed E-state index contributed by atoms with van der Waals surface area (Å²) in [5, 5.41) is 10.1. The van der Waals surface area contributed by atoms with Gasteiger partial charge in [-0.2, -0.15) is 0 Å². The molecule has 3 aromatic rings. The minimum absolute atomic E-state index is 0.00219. The Kier molecular flexibility index (Phi) is 7.55. The third-order valence-electron chi connectivity index (χ3n) is 6.30. The molecular weight excluding hydrogens is 418 g/mol. The summed E-state index contributed by atoms with van der Waals surface area (Å²) in [4.78, 5) is 28.7. The summed E-state index contributed by atoms with van der Waals surface area (Å²) in [5.41, 5.74) is 0.970. The van der Waals surface area contributed by atoms with Crippen LogP contribution in [0.5, 0.6) is 0 Å². The Morgan fingerprint density at radius 3 is 2.56 bits per heavy atom. The van der Waals surface area contributed by atoms with Gasteiger partial charge in [0.2, 0.25) is 11.8 Å². The normalized spacial score (nSPS) is 16.0. The van der Waals surface area contributed by atoms with Crippen molar-refractivity contribution in [2.75, 3.05) is 26.2 Å². The number of hydrogen-bond donors (Lipinski definition) is 2. The first-order valence-electron chi connectivity index (χ1n) is 11.4. The number of nitrogens with one attached hydrogen (secondary N) is 2. The van der Waals surface area contributed by atoms with Crippen molar-refractivity contribution in [3.05, 3.63) is 70.4 Å². The van der Waals surface area contributed by atoms with Crippen molar-refractivity contribution < 1.29 is 9.59 Å². The van der Waals surface area contributed by atoms with Crippen LogP contribution in [0.3, 0.4) is 0 Å². The SMILES string of the molecule is CC1CCN(C(CNC(=O)CNC(=O)Cc2cccc3ccccc23)c2cccs2)CC1. The van der Waals surface area contributed by atoms with Gasteiger partial charge in [0, 0.05) is 11.4 Å². The maximum atomic E-state index is 12.5. The van der Waals surface area contributed by atoms with Gasteiger partial charge < -0.3 is 10.6 Å². The van der Waals surface area contributed by atoms with Crippen LogP contribution in [0.1, 0.15) is 36.2 Å². The lowest BCUT2D eigenvalue weighted by Crippen LogP contribution is -2.44. The van der Waals surface area contributed by atoms with E-state index in [0.29, 0.717) is 6.54 Å². The average molecular weight is 450 g/mol. The highest BCUT2D eigenvalue weighted by molar-refractivity contribution is 7.10. The lowest BCUT2D eigenvalue weighted by atomic mass is 9.97. The standard InChI is InChI=1S/C26H31N3O2S/c1-19-11-13-29(14-12-19)23(24-10-5-15-32-24)17-27-26(31)18-28-25(30)16-21-8-4-7-20-6-2-3-9-22(20)21/h2-10,15,19,23H,11-14,16-18H2,1H3,(H,27,31)(H,28,30). The molecule has 2 heterocycles. The van der Waals surface area contributed by atoms with E-state index in [1.807, 2.05) is 42.5 Å². The first-order valence-corrected chi connectivity index (χ1v) is 12.3. The van der Waals surface area contributed by atoms with Crippen molar-refractivity contribution in [1.29, 1.82) is 0 Å². The summed E-state index contributed by atoms with van der Waals surface area (Å²) in [5.74, 6) is 0.473. The third kappa shape index (κ3) is 5.75. The molecule has 6 heteroatoms. The topological polar surface area (TPSA) is 61.4 Å². The quantitative estimate of drug-likeness (QED) is 0.543. The summed E-state index contributed by atoms with van der Waals surface area (Å²) in [6.07, 6.45) is 2.65. The molecule has 0 aliphatic carbocycles. The molecule has 32 heavy (non-hydrogen) atoms. The zero-order valence-corrected chi connectivity index (χ0v) is 19.4. The fourth-order valence-corrected chi connectivity index (χ4v) is 5.23. The molecule has 0 radical (unpaired) electrons. The fraction of sp³-hybridized carbons (Fsp3) is 0.385. The Hall–Kier alpha value is -2.70. The van der Waals surface area contributed by atoms with Crippen LogP contribution in [0, 0.1) is 5.92 Å². The van der Waals surface area contributed by atoms with Gasteiger partial charge in [-0.05, 0) is 59.6 Å². The highest BCUT2D eigenvalue weighted by Gasteiger charge is 2.25. The van der Waals surface area contributed by atoms with Crippen LogP contribution in [0.2, 0.25) is 0 Å². The van der Waals surface area contributed by atoms with E-state index in [-0.39, 0.29) is 30.8 Å². The smallest absolute Gasteiger partial charge is 0.239 e. The minimum atomic E-state index is -0.150. The first-order chi connectivity index (χ1) is 15.6. The monoisotopic (exact) mass is 449 g/mol. The van der Waals surface area contributed by atoms with Crippen LogP contribution in [-0.2, 0) is 16.0 Å². The van der Waals surface area contributed by atoms with Gasteiger partial charge in [-0.3, -0.25) is 14.5 Å². The second-order valence-electron chi connectivity index (χ2n) is 8.65.